The zero-order chi connectivity index (χ0) is 17.0. The van der Waals surface area contributed by atoms with Crippen LogP contribution < -0.4 is 0 Å². The minimum Gasteiger partial charge on any atom is -0.339 e. The number of amides is 1. The third-order valence-electron chi connectivity index (χ3n) is 5.07. The van der Waals surface area contributed by atoms with Crippen LogP contribution >= 0.6 is 0 Å². The lowest BCUT2D eigenvalue weighted by molar-refractivity contribution is -0.138. The van der Waals surface area contributed by atoms with Crippen molar-refractivity contribution >= 4 is 5.91 Å². The predicted molar refractivity (Wildman–Crippen MR) is 98.0 cm³/mol. The molecule has 0 aliphatic carbocycles. The molecule has 2 aromatic carbocycles. The second kappa shape index (κ2) is 7.18. The molecule has 24 heavy (non-hydrogen) atoms. The van der Waals surface area contributed by atoms with Crippen molar-refractivity contribution < 1.29 is 4.79 Å². The zero-order valence-electron chi connectivity index (χ0n) is 14.6. The van der Waals surface area contributed by atoms with Crippen LogP contribution in [0.2, 0.25) is 0 Å². The van der Waals surface area contributed by atoms with Gasteiger partial charge in [-0.1, -0.05) is 60.7 Å². The maximum absolute atomic E-state index is 13.4. The Labute approximate surface area is 144 Å². The van der Waals surface area contributed by atoms with Crippen molar-refractivity contribution in [3.05, 3.63) is 71.8 Å². The van der Waals surface area contributed by atoms with Gasteiger partial charge in [0.05, 0.1) is 5.41 Å². The highest BCUT2D eigenvalue weighted by atomic mass is 16.2. The molecule has 0 spiro atoms. The first-order valence-electron chi connectivity index (χ1n) is 8.67. The van der Waals surface area contributed by atoms with Crippen LogP contribution in [-0.2, 0) is 16.6 Å². The molecule has 1 unspecified atom stereocenters. The van der Waals surface area contributed by atoms with Crippen molar-refractivity contribution in [2.24, 2.45) is 0 Å². The van der Waals surface area contributed by atoms with Crippen molar-refractivity contribution in [3.63, 3.8) is 0 Å². The maximum Gasteiger partial charge on any atom is 0.233 e. The van der Waals surface area contributed by atoms with Gasteiger partial charge in [0.15, 0.2) is 0 Å². The Morgan fingerprint density at radius 1 is 0.917 bits per heavy atom. The highest BCUT2D eigenvalue weighted by molar-refractivity contribution is 5.88. The van der Waals surface area contributed by atoms with Gasteiger partial charge in [0, 0.05) is 26.2 Å². The molecule has 1 aliphatic heterocycles. The minimum atomic E-state index is -0.529. The Morgan fingerprint density at radius 3 is 2.04 bits per heavy atom. The minimum absolute atomic E-state index is 0.241. The van der Waals surface area contributed by atoms with E-state index in [2.05, 4.69) is 43.1 Å². The van der Waals surface area contributed by atoms with Gasteiger partial charge < -0.3 is 9.80 Å². The van der Waals surface area contributed by atoms with Crippen LogP contribution in [0.5, 0.6) is 0 Å². The molecule has 3 heteroatoms. The van der Waals surface area contributed by atoms with Gasteiger partial charge in [-0.05, 0) is 31.5 Å². The molecular weight excluding hydrogens is 296 g/mol. The number of hydrogen-bond acceptors (Lipinski definition) is 2. The van der Waals surface area contributed by atoms with Crippen molar-refractivity contribution in [3.8, 4) is 0 Å². The highest BCUT2D eigenvalue weighted by Gasteiger charge is 2.39. The van der Waals surface area contributed by atoms with Crippen molar-refractivity contribution in [1.82, 2.24) is 9.80 Å². The van der Waals surface area contributed by atoms with Crippen LogP contribution in [0.1, 0.15) is 18.1 Å². The molecule has 0 saturated carbocycles. The van der Waals surface area contributed by atoms with E-state index in [1.165, 1.54) is 5.56 Å². The first-order chi connectivity index (χ1) is 11.6. The summed E-state index contributed by atoms with van der Waals surface area (Å²) in [4.78, 5) is 17.8. The summed E-state index contributed by atoms with van der Waals surface area (Å²) >= 11 is 0. The maximum atomic E-state index is 13.4. The number of benzene rings is 2. The van der Waals surface area contributed by atoms with E-state index in [-0.39, 0.29) is 5.91 Å². The zero-order valence-corrected chi connectivity index (χ0v) is 14.6. The smallest absolute Gasteiger partial charge is 0.233 e. The Balaban J connectivity index is 1.91. The second-order valence-electron chi connectivity index (χ2n) is 6.96. The molecule has 0 radical (unpaired) electrons. The Bertz CT molecular complexity index is 663. The second-order valence-corrected chi connectivity index (χ2v) is 6.96. The van der Waals surface area contributed by atoms with E-state index in [0.29, 0.717) is 0 Å². The van der Waals surface area contributed by atoms with Gasteiger partial charge >= 0.3 is 0 Å². The first-order valence-corrected chi connectivity index (χ1v) is 8.67. The van der Waals surface area contributed by atoms with Crippen LogP contribution in [-0.4, -0.2) is 48.9 Å². The third-order valence-corrected chi connectivity index (χ3v) is 5.07. The number of piperazine rings is 1. The molecule has 0 N–H and O–H groups in total. The largest absolute Gasteiger partial charge is 0.339 e. The molecule has 3 rings (SSSR count). The number of rotatable bonds is 4. The molecule has 1 aliphatic rings. The normalized spacial score (nSPS) is 18.2. The Kier molecular flexibility index (Phi) is 5.00. The van der Waals surface area contributed by atoms with Crippen LogP contribution in [0.4, 0.5) is 0 Å². The van der Waals surface area contributed by atoms with E-state index >= 15 is 0 Å². The number of likely N-dealkylation sites (N-methyl/N-ethyl adjacent to an activating group) is 1. The molecular formula is C21H26N2O. The lowest BCUT2D eigenvalue weighted by Gasteiger charge is -2.39. The fourth-order valence-electron chi connectivity index (χ4n) is 3.47. The number of carbonyl (C=O) groups is 1. The molecule has 1 atom stereocenters. The average Bonchev–Trinajstić information content (AvgIpc) is 2.63. The molecule has 1 amide bonds. The van der Waals surface area contributed by atoms with Crippen molar-refractivity contribution in [1.29, 1.82) is 0 Å². The standard InChI is InChI=1S/C21H26N2O/c1-21(19-11-7-4-8-12-19,17-18-9-5-3-6-10-18)20(24)23-15-13-22(2)14-16-23/h3-12H,13-17H2,1-2H3. The lowest BCUT2D eigenvalue weighted by Crippen LogP contribution is -2.53. The van der Waals surface area contributed by atoms with Gasteiger partial charge in [-0.25, -0.2) is 0 Å². The average molecular weight is 322 g/mol. The molecule has 0 aromatic heterocycles. The van der Waals surface area contributed by atoms with Crippen molar-refractivity contribution in [2.75, 3.05) is 33.2 Å². The van der Waals surface area contributed by atoms with Gasteiger partial charge in [0.25, 0.3) is 0 Å². The van der Waals surface area contributed by atoms with Gasteiger partial charge in [-0.3, -0.25) is 4.79 Å². The van der Waals surface area contributed by atoms with E-state index in [0.717, 1.165) is 38.2 Å². The van der Waals surface area contributed by atoms with Gasteiger partial charge in [0.2, 0.25) is 5.91 Å². The molecule has 126 valence electrons. The Morgan fingerprint density at radius 2 is 1.46 bits per heavy atom. The molecule has 3 nitrogen and oxygen atoms in total. The van der Waals surface area contributed by atoms with Crippen LogP contribution in [0.3, 0.4) is 0 Å². The van der Waals surface area contributed by atoms with E-state index in [1.807, 2.05) is 41.3 Å². The first kappa shape index (κ1) is 16.7. The van der Waals surface area contributed by atoms with E-state index < -0.39 is 5.41 Å². The summed E-state index contributed by atoms with van der Waals surface area (Å²) < 4.78 is 0. The summed E-state index contributed by atoms with van der Waals surface area (Å²) in [5.74, 6) is 0.241. The van der Waals surface area contributed by atoms with Gasteiger partial charge in [-0.15, -0.1) is 0 Å². The fraction of sp³-hybridized carbons (Fsp3) is 0.381. The quantitative estimate of drug-likeness (QED) is 0.864. The van der Waals surface area contributed by atoms with Crippen LogP contribution in [0.25, 0.3) is 0 Å². The monoisotopic (exact) mass is 322 g/mol. The predicted octanol–water partition coefficient (Wildman–Crippen LogP) is 2.96. The summed E-state index contributed by atoms with van der Waals surface area (Å²) in [5, 5.41) is 0. The van der Waals surface area contributed by atoms with Gasteiger partial charge in [0.1, 0.15) is 0 Å². The third kappa shape index (κ3) is 3.51. The fourth-order valence-corrected chi connectivity index (χ4v) is 3.47. The summed E-state index contributed by atoms with van der Waals surface area (Å²) in [5.41, 5.74) is 1.77. The number of nitrogens with zero attached hydrogens (tertiary/aromatic N) is 2. The number of carbonyl (C=O) groups excluding carboxylic acids is 1. The molecule has 0 bridgehead atoms. The van der Waals surface area contributed by atoms with Crippen LogP contribution in [0, 0.1) is 0 Å². The van der Waals surface area contributed by atoms with E-state index in [4.69, 9.17) is 0 Å². The molecule has 2 aromatic rings. The number of hydrogen-bond donors (Lipinski definition) is 0. The lowest BCUT2D eigenvalue weighted by atomic mass is 9.76. The molecule has 1 saturated heterocycles. The SMILES string of the molecule is CN1CCN(C(=O)C(C)(Cc2ccccc2)c2ccccc2)CC1. The summed E-state index contributed by atoms with van der Waals surface area (Å²) in [6.45, 7) is 5.61. The van der Waals surface area contributed by atoms with Crippen molar-refractivity contribution in [2.45, 2.75) is 18.8 Å². The Hall–Kier alpha value is -2.13. The van der Waals surface area contributed by atoms with E-state index in [1.54, 1.807) is 0 Å². The summed E-state index contributed by atoms with van der Waals surface area (Å²) in [6.07, 6.45) is 0.725. The highest BCUT2D eigenvalue weighted by Crippen LogP contribution is 2.31. The van der Waals surface area contributed by atoms with Gasteiger partial charge in [-0.2, -0.15) is 0 Å². The topological polar surface area (TPSA) is 23.6 Å². The summed E-state index contributed by atoms with van der Waals surface area (Å²) in [6, 6.07) is 20.5. The van der Waals surface area contributed by atoms with E-state index in [9.17, 15) is 4.79 Å². The van der Waals surface area contributed by atoms with Crippen LogP contribution in [0.15, 0.2) is 60.7 Å². The molecule has 1 heterocycles. The summed E-state index contributed by atoms with van der Waals surface area (Å²) in [7, 11) is 2.11. The molecule has 1 fully saturated rings.